The molecule has 1 unspecified atom stereocenters. The fourth-order valence-corrected chi connectivity index (χ4v) is 2.74. The summed E-state index contributed by atoms with van der Waals surface area (Å²) in [6, 6.07) is 4.96. The van der Waals surface area contributed by atoms with Gasteiger partial charge in [-0.2, -0.15) is 0 Å². The Balaban J connectivity index is 0.00000220. The van der Waals surface area contributed by atoms with Gasteiger partial charge >= 0.3 is 0 Å². The Labute approximate surface area is 138 Å². The number of pyridine rings is 1. The van der Waals surface area contributed by atoms with E-state index >= 15 is 0 Å². The molecule has 1 atom stereocenters. The molecule has 1 saturated heterocycles. The number of hydrogen-bond donors (Lipinski definition) is 0. The van der Waals surface area contributed by atoms with Crippen LogP contribution in [0.25, 0.3) is 0 Å². The zero-order valence-corrected chi connectivity index (χ0v) is 14.7. The minimum Gasteiger partial charge on any atom is -1.00 e. The highest BCUT2D eigenvalue weighted by atomic mass is 79.9. The minimum absolute atomic E-state index is 0. The third-order valence-corrected chi connectivity index (χ3v) is 3.86. The van der Waals surface area contributed by atoms with Gasteiger partial charge < -0.3 is 26.5 Å². The lowest BCUT2D eigenvalue weighted by molar-refractivity contribution is -0.699. The molecule has 0 aliphatic carbocycles. The highest BCUT2D eigenvalue weighted by Gasteiger charge is 2.24. The summed E-state index contributed by atoms with van der Waals surface area (Å²) in [5.74, 6) is 0. The van der Waals surface area contributed by atoms with Crippen molar-refractivity contribution >= 4 is 0 Å². The smallest absolute Gasteiger partial charge is 0.173 e. The second kappa shape index (κ2) is 10.3. The summed E-state index contributed by atoms with van der Waals surface area (Å²) in [6.45, 7) is 6.97. The molecule has 0 spiro atoms. The maximum Gasteiger partial charge on any atom is 0.173 e. The first-order valence-corrected chi connectivity index (χ1v) is 7.66. The number of rotatable bonds is 8. The molecule has 1 fully saturated rings. The van der Waals surface area contributed by atoms with Gasteiger partial charge in [0.1, 0.15) is 6.61 Å². The van der Waals surface area contributed by atoms with Crippen LogP contribution in [0, 0.1) is 0 Å². The summed E-state index contributed by atoms with van der Waals surface area (Å²) in [7, 11) is 2.21. The predicted molar refractivity (Wildman–Crippen MR) is 78.6 cm³/mol. The lowest BCUT2D eigenvalue weighted by Gasteiger charge is -2.18. The zero-order valence-electron chi connectivity index (χ0n) is 13.1. The van der Waals surface area contributed by atoms with Gasteiger partial charge in [-0.15, -0.1) is 0 Å². The molecule has 2 rings (SSSR count). The average molecular weight is 359 g/mol. The summed E-state index contributed by atoms with van der Waals surface area (Å²) in [5.41, 5.74) is 1.42. The Morgan fingerprint density at radius 1 is 1.29 bits per heavy atom. The largest absolute Gasteiger partial charge is 1.00 e. The van der Waals surface area contributed by atoms with E-state index in [1.165, 1.54) is 24.9 Å². The van der Waals surface area contributed by atoms with Crippen LogP contribution in [0.4, 0.5) is 0 Å². The van der Waals surface area contributed by atoms with Crippen LogP contribution in [-0.4, -0.2) is 44.9 Å². The first kappa shape index (κ1) is 18.6. The third kappa shape index (κ3) is 6.02. The van der Waals surface area contributed by atoms with E-state index in [0.29, 0.717) is 19.3 Å². The van der Waals surface area contributed by atoms with Crippen molar-refractivity contribution in [2.75, 3.05) is 40.0 Å². The van der Waals surface area contributed by atoms with Crippen molar-refractivity contribution in [2.24, 2.45) is 0 Å². The number of hydrogen-bond acceptors (Lipinski definition) is 3. The lowest BCUT2D eigenvalue weighted by Crippen LogP contribution is -3.00. The Hall–Kier alpha value is -0.490. The second-order valence-corrected chi connectivity index (χ2v) is 5.32. The number of likely N-dealkylation sites (tertiary alicyclic amines) is 1. The van der Waals surface area contributed by atoms with Crippen LogP contribution < -0.4 is 21.5 Å². The molecule has 1 aliphatic rings. The highest BCUT2D eigenvalue weighted by molar-refractivity contribution is 5.12. The van der Waals surface area contributed by atoms with Crippen LogP contribution >= 0.6 is 0 Å². The summed E-state index contributed by atoms with van der Waals surface area (Å²) in [4.78, 5) is 2.44. The van der Waals surface area contributed by atoms with Crippen molar-refractivity contribution in [3.8, 4) is 0 Å². The maximum atomic E-state index is 5.57. The topological polar surface area (TPSA) is 25.6 Å². The van der Waals surface area contributed by atoms with E-state index in [9.17, 15) is 0 Å². The van der Waals surface area contributed by atoms with Crippen molar-refractivity contribution < 1.29 is 31.0 Å². The molecule has 21 heavy (non-hydrogen) atoms. The molecular weight excluding hydrogens is 332 g/mol. The van der Waals surface area contributed by atoms with Crippen LogP contribution in [0.15, 0.2) is 24.5 Å². The van der Waals surface area contributed by atoms with Gasteiger partial charge in [0.25, 0.3) is 0 Å². The molecule has 0 radical (unpaired) electrons. The Morgan fingerprint density at radius 2 is 2.10 bits per heavy atom. The molecule has 4 nitrogen and oxygen atoms in total. The van der Waals surface area contributed by atoms with Gasteiger partial charge in [0.15, 0.2) is 18.9 Å². The van der Waals surface area contributed by atoms with Gasteiger partial charge in [-0.3, -0.25) is 4.90 Å². The summed E-state index contributed by atoms with van der Waals surface area (Å²) in [5, 5.41) is 0. The van der Waals surface area contributed by atoms with Gasteiger partial charge in [-0.05, 0) is 39.4 Å². The summed E-state index contributed by atoms with van der Waals surface area (Å²) >= 11 is 0. The number of nitrogens with zero attached hydrogens (tertiary/aromatic N) is 2. The van der Waals surface area contributed by atoms with Crippen LogP contribution in [0.2, 0.25) is 0 Å². The van der Waals surface area contributed by atoms with Gasteiger partial charge in [0.2, 0.25) is 0 Å². The fraction of sp³-hybridized carbons (Fsp3) is 0.688. The molecule has 0 amide bonds. The molecule has 5 heteroatoms. The predicted octanol–water partition coefficient (Wildman–Crippen LogP) is -1.20. The Bertz CT molecular complexity index is 404. The van der Waals surface area contributed by atoms with Crippen LogP contribution in [0.5, 0.6) is 0 Å². The molecule has 0 bridgehead atoms. The molecule has 1 aromatic rings. The van der Waals surface area contributed by atoms with Crippen molar-refractivity contribution in [1.82, 2.24) is 4.90 Å². The van der Waals surface area contributed by atoms with Gasteiger partial charge in [-0.25, -0.2) is 4.57 Å². The van der Waals surface area contributed by atoms with Crippen molar-refractivity contribution in [2.45, 2.75) is 32.4 Å². The normalized spacial score (nSPS) is 18.7. The monoisotopic (exact) mass is 358 g/mol. The molecule has 1 aliphatic heterocycles. The van der Waals surface area contributed by atoms with E-state index in [1.54, 1.807) is 0 Å². The van der Waals surface area contributed by atoms with Crippen molar-refractivity contribution in [3.05, 3.63) is 30.1 Å². The van der Waals surface area contributed by atoms with Crippen LogP contribution in [0.1, 0.15) is 31.4 Å². The van der Waals surface area contributed by atoms with Gasteiger partial charge in [0, 0.05) is 24.3 Å². The van der Waals surface area contributed by atoms with E-state index in [2.05, 4.69) is 41.0 Å². The Morgan fingerprint density at radius 3 is 2.81 bits per heavy atom. The number of aromatic nitrogens is 1. The summed E-state index contributed by atoms with van der Waals surface area (Å²) < 4.78 is 13.0. The highest BCUT2D eigenvalue weighted by Crippen LogP contribution is 2.29. The lowest BCUT2D eigenvalue weighted by atomic mass is 10.1. The Kier molecular flexibility index (Phi) is 9.08. The van der Waals surface area contributed by atoms with E-state index in [1.807, 2.05) is 6.92 Å². The molecule has 1 aromatic heterocycles. The molecule has 120 valence electrons. The molecular formula is C16H27BrN2O2. The van der Waals surface area contributed by atoms with E-state index in [0.717, 1.165) is 19.8 Å². The fourth-order valence-electron chi connectivity index (χ4n) is 2.74. The number of halogens is 1. The van der Waals surface area contributed by atoms with E-state index in [-0.39, 0.29) is 17.0 Å². The molecule has 2 heterocycles. The standard InChI is InChI=1S/C16H27N2O2.BrH/c1-3-19-12-13-20-11-10-18-9-4-6-15(14-18)16-7-5-8-17(16)2;/h4,6,9,14,16H,3,5,7-8,10-13H2,1-2H3;1H/q+1;/p-1. The van der Waals surface area contributed by atoms with Gasteiger partial charge in [0.05, 0.1) is 13.2 Å². The minimum atomic E-state index is 0. The molecule has 0 N–H and O–H groups in total. The average Bonchev–Trinajstić information content (AvgIpc) is 2.89. The quantitative estimate of drug-likeness (QED) is 0.431. The first-order chi connectivity index (χ1) is 9.81. The van der Waals surface area contributed by atoms with Crippen LogP contribution in [-0.2, 0) is 16.0 Å². The van der Waals surface area contributed by atoms with Crippen molar-refractivity contribution in [3.63, 3.8) is 0 Å². The third-order valence-electron chi connectivity index (χ3n) is 3.86. The summed E-state index contributed by atoms with van der Waals surface area (Å²) in [6.07, 6.45) is 6.95. The van der Waals surface area contributed by atoms with Crippen LogP contribution in [0.3, 0.4) is 0 Å². The van der Waals surface area contributed by atoms with E-state index < -0.39 is 0 Å². The molecule has 0 saturated carbocycles. The van der Waals surface area contributed by atoms with E-state index in [4.69, 9.17) is 9.47 Å². The zero-order chi connectivity index (χ0) is 14.2. The SMILES string of the molecule is CCOCCOCC[n+]1cccc(C2CCCN2C)c1.[Br-]. The van der Waals surface area contributed by atoms with Gasteiger partial charge in [-0.1, -0.05) is 0 Å². The van der Waals surface area contributed by atoms with Crippen molar-refractivity contribution in [1.29, 1.82) is 0 Å². The second-order valence-electron chi connectivity index (χ2n) is 5.32. The molecule has 0 aromatic carbocycles. The maximum absolute atomic E-state index is 5.57. The number of ether oxygens (including phenoxy) is 2. The first-order valence-electron chi connectivity index (χ1n) is 7.66.